The normalized spacial score (nSPS) is 17.2. The number of hydrogen-bond acceptors (Lipinski definition) is 8. The molecule has 208 valence electrons. The van der Waals surface area contributed by atoms with Crippen molar-refractivity contribution in [3.8, 4) is 17.2 Å². The SMILES string of the molecule is COc1cc(NC(=O)NC(C=C2N=C(c3cccc4ccccc34)OC2=O)C2CCNCC2)cc(OC)c1OC. The number of ether oxygens (including phenoxy) is 4. The van der Waals surface area contributed by atoms with Gasteiger partial charge in [-0.05, 0) is 54.8 Å². The molecule has 2 aliphatic heterocycles. The number of piperidine rings is 1. The molecule has 10 heteroatoms. The van der Waals surface area contributed by atoms with Crippen LogP contribution in [0, 0.1) is 5.92 Å². The minimum atomic E-state index is -0.547. The number of benzene rings is 3. The summed E-state index contributed by atoms with van der Waals surface area (Å²) in [5.74, 6) is 1.06. The molecule has 2 amide bonds. The number of nitrogens with zero attached hydrogens (tertiary/aromatic N) is 1. The molecule has 2 aliphatic rings. The quantitative estimate of drug-likeness (QED) is 0.287. The van der Waals surface area contributed by atoms with Crippen LogP contribution in [0.25, 0.3) is 10.8 Å². The van der Waals surface area contributed by atoms with Crippen molar-refractivity contribution in [1.29, 1.82) is 0 Å². The van der Waals surface area contributed by atoms with Gasteiger partial charge in [0.1, 0.15) is 0 Å². The zero-order chi connectivity index (χ0) is 28.1. The molecule has 0 aliphatic carbocycles. The molecule has 40 heavy (non-hydrogen) atoms. The molecule has 10 nitrogen and oxygen atoms in total. The standard InChI is InChI=1S/C30H32N4O6/c1-37-25-15-20(16-26(38-2)27(25)39-3)32-30(36)34-23(19-11-13-31-14-12-19)17-24-29(35)40-28(33-24)22-10-6-8-18-7-4-5-9-21(18)22/h4-10,15-17,19,23,31H,11-14H2,1-3H3,(H2,32,34,36). The second kappa shape index (κ2) is 12.1. The predicted octanol–water partition coefficient (Wildman–Crippen LogP) is 4.24. The third kappa shape index (κ3) is 5.72. The minimum Gasteiger partial charge on any atom is -0.493 e. The fourth-order valence-electron chi connectivity index (χ4n) is 5.09. The van der Waals surface area contributed by atoms with Crippen LogP contribution < -0.4 is 30.2 Å². The van der Waals surface area contributed by atoms with E-state index < -0.39 is 18.0 Å². The van der Waals surface area contributed by atoms with Crippen molar-refractivity contribution in [3.63, 3.8) is 0 Å². The Kier molecular flexibility index (Phi) is 8.16. The number of carbonyl (C=O) groups is 2. The molecule has 1 atom stereocenters. The first kappa shape index (κ1) is 27.0. The maximum Gasteiger partial charge on any atom is 0.363 e. The molecule has 0 spiro atoms. The van der Waals surface area contributed by atoms with Crippen molar-refractivity contribution < 1.29 is 28.5 Å². The van der Waals surface area contributed by atoms with Crippen molar-refractivity contribution >= 4 is 34.4 Å². The number of nitrogens with one attached hydrogen (secondary N) is 3. The second-order valence-corrected chi connectivity index (χ2v) is 9.51. The van der Waals surface area contributed by atoms with Gasteiger partial charge >= 0.3 is 12.0 Å². The molecule has 3 aromatic carbocycles. The third-order valence-electron chi connectivity index (χ3n) is 7.09. The van der Waals surface area contributed by atoms with Crippen molar-refractivity contribution in [2.45, 2.75) is 18.9 Å². The van der Waals surface area contributed by atoms with Crippen molar-refractivity contribution in [3.05, 3.63) is 71.9 Å². The van der Waals surface area contributed by atoms with E-state index in [1.807, 2.05) is 42.5 Å². The van der Waals surface area contributed by atoms with Gasteiger partial charge in [0, 0.05) is 17.7 Å². The number of rotatable bonds is 8. The highest BCUT2D eigenvalue weighted by Crippen LogP contribution is 2.40. The number of amides is 2. The molecular formula is C30H32N4O6. The molecule has 2 heterocycles. The lowest BCUT2D eigenvalue weighted by Gasteiger charge is -2.29. The third-order valence-corrected chi connectivity index (χ3v) is 7.09. The van der Waals surface area contributed by atoms with Crippen molar-refractivity contribution in [2.24, 2.45) is 10.9 Å². The zero-order valence-electron chi connectivity index (χ0n) is 22.7. The number of fused-ring (bicyclic) bond motifs is 1. The van der Waals surface area contributed by atoms with Crippen LogP contribution in [0.3, 0.4) is 0 Å². The average Bonchev–Trinajstić information content (AvgIpc) is 3.35. The van der Waals surface area contributed by atoms with Crippen LogP contribution in [0.5, 0.6) is 17.2 Å². The summed E-state index contributed by atoms with van der Waals surface area (Å²) in [4.78, 5) is 30.6. The lowest BCUT2D eigenvalue weighted by molar-refractivity contribution is -0.130. The Labute approximate surface area is 232 Å². The Morgan fingerprint density at radius 2 is 1.73 bits per heavy atom. The maximum absolute atomic E-state index is 13.2. The summed E-state index contributed by atoms with van der Waals surface area (Å²) in [7, 11) is 4.53. The fraction of sp³-hybridized carbons (Fsp3) is 0.300. The highest BCUT2D eigenvalue weighted by molar-refractivity contribution is 6.16. The van der Waals surface area contributed by atoms with E-state index in [4.69, 9.17) is 18.9 Å². The van der Waals surface area contributed by atoms with E-state index in [2.05, 4.69) is 20.9 Å². The Hall–Kier alpha value is -4.57. The summed E-state index contributed by atoms with van der Waals surface area (Å²) in [6.45, 7) is 1.63. The predicted molar refractivity (Wildman–Crippen MR) is 152 cm³/mol. The van der Waals surface area contributed by atoms with Gasteiger partial charge in [-0.15, -0.1) is 0 Å². The molecule has 0 radical (unpaired) electrons. The smallest absolute Gasteiger partial charge is 0.363 e. The number of cyclic esters (lactones) is 1. The average molecular weight is 545 g/mol. The van der Waals surface area contributed by atoms with E-state index in [0.717, 1.165) is 42.3 Å². The second-order valence-electron chi connectivity index (χ2n) is 9.51. The summed E-state index contributed by atoms with van der Waals surface area (Å²) in [6.07, 6.45) is 3.35. The summed E-state index contributed by atoms with van der Waals surface area (Å²) in [5, 5.41) is 11.2. The van der Waals surface area contributed by atoms with Gasteiger partial charge in [-0.1, -0.05) is 36.4 Å². The van der Waals surface area contributed by atoms with Gasteiger partial charge in [-0.2, -0.15) is 0 Å². The van der Waals surface area contributed by atoms with Gasteiger partial charge in [0.05, 0.1) is 33.1 Å². The summed E-state index contributed by atoms with van der Waals surface area (Å²) in [6, 6.07) is 16.0. The molecule has 0 aromatic heterocycles. The molecule has 3 N–H and O–H groups in total. The van der Waals surface area contributed by atoms with E-state index in [9.17, 15) is 9.59 Å². The summed E-state index contributed by atoms with van der Waals surface area (Å²) in [5.41, 5.74) is 1.36. The number of methoxy groups -OCH3 is 3. The molecule has 1 saturated heterocycles. The molecule has 3 aromatic rings. The molecule has 1 unspecified atom stereocenters. The van der Waals surface area contributed by atoms with E-state index in [0.29, 0.717) is 22.9 Å². The first-order valence-electron chi connectivity index (χ1n) is 13.1. The number of esters is 1. The van der Waals surface area contributed by atoms with E-state index >= 15 is 0 Å². The van der Waals surface area contributed by atoms with Gasteiger partial charge in [0.2, 0.25) is 11.6 Å². The Morgan fingerprint density at radius 1 is 1.02 bits per heavy atom. The Balaban J connectivity index is 1.41. The largest absolute Gasteiger partial charge is 0.493 e. The van der Waals surface area contributed by atoms with Crippen LogP contribution in [0.15, 0.2) is 71.4 Å². The van der Waals surface area contributed by atoms with Gasteiger partial charge in [-0.3, -0.25) is 0 Å². The minimum absolute atomic E-state index is 0.101. The Bertz CT molecular complexity index is 1450. The first-order chi connectivity index (χ1) is 19.5. The zero-order valence-corrected chi connectivity index (χ0v) is 22.7. The number of hydrogen-bond donors (Lipinski definition) is 3. The van der Waals surface area contributed by atoms with E-state index in [-0.39, 0.29) is 17.5 Å². The summed E-state index contributed by atoms with van der Waals surface area (Å²) < 4.78 is 21.7. The maximum atomic E-state index is 13.2. The molecule has 0 bridgehead atoms. The van der Waals surface area contributed by atoms with Gasteiger partial charge in [0.15, 0.2) is 17.2 Å². The topological polar surface area (TPSA) is 120 Å². The van der Waals surface area contributed by atoms with Crippen LogP contribution >= 0.6 is 0 Å². The fourth-order valence-corrected chi connectivity index (χ4v) is 5.09. The molecular weight excluding hydrogens is 512 g/mol. The van der Waals surface area contributed by atoms with E-state index in [1.54, 1.807) is 18.2 Å². The molecule has 1 fully saturated rings. The van der Waals surface area contributed by atoms with Crippen molar-refractivity contribution in [1.82, 2.24) is 10.6 Å². The van der Waals surface area contributed by atoms with Crippen LogP contribution in [0.1, 0.15) is 18.4 Å². The number of anilines is 1. The number of carbonyl (C=O) groups excluding carboxylic acids is 2. The van der Waals surface area contributed by atoms with Crippen LogP contribution in [-0.4, -0.2) is 58.4 Å². The number of urea groups is 1. The van der Waals surface area contributed by atoms with Gasteiger partial charge < -0.3 is 34.9 Å². The lowest BCUT2D eigenvalue weighted by Crippen LogP contribution is -2.45. The first-order valence-corrected chi connectivity index (χ1v) is 13.1. The molecule has 5 rings (SSSR count). The lowest BCUT2D eigenvalue weighted by atomic mass is 9.89. The monoisotopic (exact) mass is 544 g/mol. The van der Waals surface area contributed by atoms with Crippen LogP contribution in [0.4, 0.5) is 10.5 Å². The Morgan fingerprint density at radius 3 is 2.42 bits per heavy atom. The van der Waals surface area contributed by atoms with Gasteiger partial charge in [0.25, 0.3) is 0 Å². The number of aliphatic imine (C=N–C) groups is 1. The van der Waals surface area contributed by atoms with Gasteiger partial charge in [-0.25, -0.2) is 14.6 Å². The summed E-state index contributed by atoms with van der Waals surface area (Å²) >= 11 is 0. The van der Waals surface area contributed by atoms with E-state index in [1.165, 1.54) is 21.3 Å². The van der Waals surface area contributed by atoms with Crippen LogP contribution in [-0.2, 0) is 9.53 Å². The molecule has 0 saturated carbocycles. The highest BCUT2D eigenvalue weighted by Gasteiger charge is 2.30. The van der Waals surface area contributed by atoms with Crippen LogP contribution in [0.2, 0.25) is 0 Å². The van der Waals surface area contributed by atoms with Crippen molar-refractivity contribution in [2.75, 3.05) is 39.7 Å². The highest BCUT2D eigenvalue weighted by atomic mass is 16.6.